The molecule has 0 aliphatic carbocycles. The van der Waals surface area contributed by atoms with Crippen LogP contribution in [0.1, 0.15) is 0 Å². The van der Waals surface area contributed by atoms with E-state index in [2.05, 4.69) is 0 Å². The van der Waals surface area contributed by atoms with Crippen molar-refractivity contribution in [3.05, 3.63) is 0 Å². The van der Waals surface area contributed by atoms with Crippen molar-refractivity contribution in [2.75, 3.05) is 0 Å². The van der Waals surface area contributed by atoms with Gasteiger partial charge in [-0.25, -0.2) is 4.21 Å². The van der Waals surface area contributed by atoms with Crippen LogP contribution in [0.25, 0.3) is 0 Å². The number of hydrogen-bond acceptors (Lipinski definition) is 3. The monoisotopic (exact) mass is 226 g/mol. The average molecular weight is 227 g/mol. The van der Waals surface area contributed by atoms with Gasteiger partial charge in [-0.2, -0.15) is 8.42 Å². The first-order valence-electron chi connectivity index (χ1n) is 1.03. The highest BCUT2D eigenvalue weighted by Gasteiger charge is 2.10. The topological polar surface area (TPSA) is 91.7 Å². The van der Waals surface area contributed by atoms with Crippen molar-refractivity contribution in [2.24, 2.45) is 0 Å². The van der Waals surface area contributed by atoms with Crippen molar-refractivity contribution in [3.63, 3.8) is 0 Å². The van der Waals surface area contributed by atoms with Crippen LogP contribution >= 0.6 is 17.0 Å². The average Bonchev–Trinajstić information content (AvgIpc) is 1.31. The van der Waals surface area contributed by atoms with Gasteiger partial charge in [0.15, 0.2) is 0 Å². The lowest BCUT2D eigenvalue weighted by molar-refractivity contribution is 0.488. The van der Waals surface area contributed by atoms with E-state index in [0.29, 0.717) is 0 Å². The van der Waals surface area contributed by atoms with Gasteiger partial charge < -0.3 is 0 Å². The Morgan fingerprint density at radius 3 is 1.50 bits per heavy atom. The van der Waals surface area contributed by atoms with E-state index in [4.69, 9.17) is 9.11 Å². The zero-order chi connectivity index (χ0) is 6.08. The molecule has 0 aromatic heterocycles. The summed E-state index contributed by atoms with van der Waals surface area (Å²) in [4.78, 5) is 0. The largest absolute Gasteiger partial charge is 0.373 e. The predicted octanol–water partition coefficient (Wildman–Crippen LogP) is -0.411. The van der Waals surface area contributed by atoms with Gasteiger partial charge in [0.05, 0.1) is 0 Å². The van der Waals surface area contributed by atoms with Crippen LogP contribution in [0.4, 0.5) is 0 Å². The Balaban J connectivity index is 0. The molecule has 0 heterocycles. The first kappa shape index (κ1) is 11.3. The van der Waals surface area contributed by atoms with E-state index in [1.54, 1.807) is 0 Å². The summed E-state index contributed by atoms with van der Waals surface area (Å²) >= 11 is 0. The van der Waals surface area contributed by atoms with Gasteiger partial charge in [0, 0.05) is 0 Å². The van der Waals surface area contributed by atoms with E-state index < -0.39 is 19.3 Å². The van der Waals surface area contributed by atoms with Crippen molar-refractivity contribution < 1.29 is 21.7 Å². The zero-order valence-electron chi connectivity index (χ0n) is 3.34. The highest BCUT2D eigenvalue weighted by molar-refractivity contribution is 8.93. The van der Waals surface area contributed by atoms with Crippen LogP contribution < -0.4 is 0 Å². The fraction of sp³-hybridized carbons (Fsp3) is 0. The van der Waals surface area contributed by atoms with Crippen LogP contribution in [0.5, 0.6) is 0 Å². The molecule has 0 saturated carbocycles. The molecule has 52 valence electrons. The number of halogens is 1. The maximum atomic E-state index is 9.34. The molecule has 0 radical (unpaired) electrons. The summed E-state index contributed by atoms with van der Waals surface area (Å²) in [6.07, 6.45) is 0. The molecule has 2 N–H and O–H groups in total. The van der Waals surface area contributed by atoms with E-state index in [0.717, 1.165) is 0 Å². The molecule has 5 nitrogen and oxygen atoms in total. The summed E-state index contributed by atoms with van der Waals surface area (Å²) in [5, 5.41) is 0. The molecule has 0 spiro atoms. The summed E-state index contributed by atoms with van der Waals surface area (Å²) in [7, 11) is -7.87. The molecule has 0 rings (SSSR count). The lowest BCUT2D eigenvalue weighted by Gasteiger charge is -1.80. The summed E-state index contributed by atoms with van der Waals surface area (Å²) < 4.78 is 43.0. The minimum Gasteiger partial charge on any atom is -0.292 e. The van der Waals surface area contributed by atoms with Gasteiger partial charge in [-0.3, -0.25) is 9.11 Å². The molecule has 0 aromatic carbocycles. The summed E-state index contributed by atoms with van der Waals surface area (Å²) in [5.74, 6) is 0. The molecular weight excluding hydrogens is 224 g/mol. The Morgan fingerprint density at radius 1 is 1.38 bits per heavy atom. The van der Waals surface area contributed by atoms with Gasteiger partial charge in [0.25, 0.3) is 0 Å². The minimum absolute atomic E-state index is 0. The molecule has 1 unspecified atom stereocenters. The second-order valence-electron chi connectivity index (χ2n) is 0.645. The van der Waals surface area contributed by atoms with Crippen LogP contribution in [-0.2, 0) is 19.3 Å². The molecule has 0 aliphatic heterocycles. The first-order chi connectivity index (χ1) is 2.94. The van der Waals surface area contributed by atoms with Crippen LogP contribution in [0.3, 0.4) is 0 Å². The Morgan fingerprint density at radius 2 is 1.50 bits per heavy atom. The third-order valence-corrected chi connectivity index (χ3v) is 1.62. The third-order valence-electron chi connectivity index (χ3n) is 0.180. The van der Waals surface area contributed by atoms with E-state index in [9.17, 15) is 12.6 Å². The second-order valence-corrected chi connectivity index (χ2v) is 4.05. The summed E-state index contributed by atoms with van der Waals surface area (Å²) in [6, 6.07) is 0. The van der Waals surface area contributed by atoms with Crippen molar-refractivity contribution in [1.82, 2.24) is 0 Å². The fourth-order valence-electron chi connectivity index (χ4n) is 0. The zero-order valence-corrected chi connectivity index (χ0v) is 6.69. The quantitative estimate of drug-likeness (QED) is 0.361. The highest BCUT2D eigenvalue weighted by atomic mass is 79.9. The Hall–Kier alpha value is 0.500. The molecule has 0 amide bonds. The van der Waals surface area contributed by atoms with Crippen LogP contribution in [0.15, 0.2) is 0 Å². The second kappa shape index (κ2) is 3.51. The molecule has 8 heavy (non-hydrogen) atoms. The lowest BCUT2D eigenvalue weighted by atomic mass is 15.9. The number of hydrogen-bond donors (Lipinski definition) is 2. The molecular formula is H3BrO5S2. The van der Waals surface area contributed by atoms with E-state index in [-0.39, 0.29) is 17.0 Å². The van der Waals surface area contributed by atoms with Crippen LogP contribution in [-0.4, -0.2) is 21.7 Å². The lowest BCUT2D eigenvalue weighted by Crippen LogP contribution is -2.03. The van der Waals surface area contributed by atoms with E-state index >= 15 is 0 Å². The Bertz CT molecular complexity index is 165. The van der Waals surface area contributed by atoms with Crippen molar-refractivity contribution >= 4 is 36.2 Å². The maximum Gasteiger partial charge on any atom is 0.373 e. The van der Waals surface area contributed by atoms with Gasteiger partial charge in [-0.05, 0) is 0 Å². The number of rotatable bonds is 1. The molecule has 0 aromatic rings. The normalized spacial score (nSPS) is 14.2. The van der Waals surface area contributed by atoms with Crippen molar-refractivity contribution in [3.8, 4) is 0 Å². The minimum atomic E-state index is -4.71. The van der Waals surface area contributed by atoms with E-state index in [1.165, 1.54) is 0 Å². The van der Waals surface area contributed by atoms with Gasteiger partial charge >= 0.3 is 19.3 Å². The Labute approximate surface area is 58.3 Å². The first-order valence-corrected chi connectivity index (χ1v) is 4.10. The molecule has 1 atom stereocenters. The molecule has 0 bridgehead atoms. The van der Waals surface area contributed by atoms with Crippen LogP contribution in [0, 0.1) is 0 Å². The standard InChI is InChI=1S/BrH.H2O5S2/c;1-6(2)7(3,4)5/h1H;(H,1,2)(H,3,4,5). The predicted molar refractivity (Wildman–Crippen MR) is 32.6 cm³/mol. The molecule has 0 fully saturated rings. The summed E-state index contributed by atoms with van der Waals surface area (Å²) in [5.41, 5.74) is 0. The van der Waals surface area contributed by atoms with Crippen molar-refractivity contribution in [2.45, 2.75) is 0 Å². The smallest absolute Gasteiger partial charge is 0.292 e. The summed E-state index contributed by atoms with van der Waals surface area (Å²) in [6.45, 7) is 0. The highest BCUT2D eigenvalue weighted by Crippen LogP contribution is 1.83. The third kappa shape index (κ3) is 4.65. The van der Waals surface area contributed by atoms with E-state index in [1.807, 2.05) is 0 Å². The molecule has 0 saturated heterocycles. The fourth-order valence-corrected chi connectivity index (χ4v) is 0. The Kier molecular flexibility index (Phi) is 4.97. The van der Waals surface area contributed by atoms with Gasteiger partial charge in [-0.15, -0.1) is 17.0 Å². The van der Waals surface area contributed by atoms with Gasteiger partial charge in [0.1, 0.15) is 0 Å². The maximum absolute atomic E-state index is 9.34. The SMILES string of the molecule is Br.O=S(O)S(=O)(=O)O. The van der Waals surface area contributed by atoms with Crippen molar-refractivity contribution in [1.29, 1.82) is 0 Å². The van der Waals surface area contributed by atoms with Gasteiger partial charge in [-0.1, -0.05) is 0 Å². The molecule has 0 aliphatic rings. The van der Waals surface area contributed by atoms with Crippen LogP contribution in [0.2, 0.25) is 0 Å². The molecule has 8 heteroatoms. The van der Waals surface area contributed by atoms with Gasteiger partial charge in [0.2, 0.25) is 0 Å².